The van der Waals surface area contributed by atoms with Gasteiger partial charge in [-0.1, -0.05) is 18.2 Å². The van der Waals surface area contributed by atoms with Crippen molar-refractivity contribution in [3.8, 4) is 11.8 Å². The summed E-state index contributed by atoms with van der Waals surface area (Å²) in [6, 6.07) is 13.3. The van der Waals surface area contributed by atoms with E-state index in [1.165, 1.54) is 25.1 Å². The molecule has 10 nitrogen and oxygen atoms in total. The Morgan fingerprint density at radius 2 is 2.00 bits per heavy atom. The molecular weight excluding hydrogens is 460 g/mol. The van der Waals surface area contributed by atoms with E-state index in [0.717, 1.165) is 16.5 Å². The third kappa shape index (κ3) is 6.06. The number of carbonyl (C=O) groups is 2. The van der Waals surface area contributed by atoms with Crippen LogP contribution in [0.25, 0.3) is 10.9 Å². The number of rotatable bonds is 10. The summed E-state index contributed by atoms with van der Waals surface area (Å²) in [5.74, 6) is -1.91. The van der Waals surface area contributed by atoms with Crippen LogP contribution in [0.5, 0.6) is 5.75 Å². The third-order valence-corrected chi connectivity index (χ3v) is 6.32. The lowest BCUT2D eigenvalue weighted by Gasteiger charge is -2.17. The Hall–Kier alpha value is -4.01. The Kier molecular flexibility index (Phi) is 7.78. The lowest BCUT2D eigenvalue weighted by molar-refractivity contribution is -0.138. The zero-order valence-electron chi connectivity index (χ0n) is 18.2. The molecule has 0 radical (unpaired) electrons. The van der Waals surface area contributed by atoms with Gasteiger partial charge in [-0.25, -0.2) is 8.42 Å². The number of carbonyl (C=O) groups excluding carboxylic acids is 1. The first-order valence-electron chi connectivity index (χ1n) is 10.2. The summed E-state index contributed by atoms with van der Waals surface area (Å²) in [7, 11) is -4.36. The normalized spacial score (nSPS) is 12.0. The molecule has 1 heterocycles. The molecule has 0 saturated carbocycles. The van der Waals surface area contributed by atoms with Gasteiger partial charge in [0.2, 0.25) is 15.9 Å². The Labute approximate surface area is 196 Å². The lowest BCUT2D eigenvalue weighted by Crippen LogP contribution is -2.40. The van der Waals surface area contributed by atoms with Crippen molar-refractivity contribution in [1.29, 1.82) is 5.26 Å². The Bertz CT molecular complexity index is 1360. The van der Waals surface area contributed by atoms with Gasteiger partial charge in [0, 0.05) is 36.7 Å². The number of pyridine rings is 1. The lowest BCUT2D eigenvalue weighted by atomic mass is 10.1. The van der Waals surface area contributed by atoms with Crippen LogP contribution in [0.15, 0.2) is 59.6 Å². The van der Waals surface area contributed by atoms with Gasteiger partial charge in [0.05, 0.1) is 24.6 Å². The number of hydrogen-bond acceptors (Lipinski definition) is 7. The molecule has 1 amide bonds. The standard InChI is InChI=1S/C23H22N4O6S/c1-15(28)26-17-7-8-22(34(31,32)27-20(9-11-24)23(29)30)21(14-17)33-13-10-16-4-2-6-19-18(16)5-3-12-25-19/h2-8,12,14,20,27H,9-10,13H2,1H3,(H,26,28)(H,29,30)/t20-/m0/s1. The molecule has 0 saturated heterocycles. The first kappa shape index (κ1) is 24.6. The maximum atomic E-state index is 12.9. The number of amides is 1. The number of carboxylic acids is 1. The number of nitrogens with zero attached hydrogens (tertiary/aromatic N) is 2. The Morgan fingerprint density at radius 1 is 1.21 bits per heavy atom. The molecule has 0 bridgehead atoms. The minimum atomic E-state index is -4.36. The van der Waals surface area contributed by atoms with Gasteiger partial charge < -0.3 is 15.2 Å². The number of hydrogen-bond donors (Lipinski definition) is 3. The minimum Gasteiger partial charge on any atom is -0.492 e. The molecule has 1 aromatic heterocycles. The SMILES string of the molecule is CC(=O)Nc1ccc(S(=O)(=O)N[C@@H](CC#N)C(=O)O)c(OCCc2cccc3ncccc23)c1. The van der Waals surface area contributed by atoms with Crippen molar-refractivity contribution < 1.29 is 27.9 Å². The molecule has 11 heteroatoms. The van der Waals surface area contributed by atoms with Crippen molar-refractivity contribution in [1.82, 2.24) is 9.71 Å². The molecule has 0 aliphatic heterocycles. The van der Waals surface area contributed by atoms with Crippen molar-refractivity contribution >= 4 is 38.5 Å². The molecule has 3 N–H and O–H groups in total. The molecule has 1 atom stereocenters. The number of carboxylic acid groups (broad SMARTS) is 1. The molecule has 3 aromatic rings. The third-order valence-electron chi connectivity index (χ3n) is 4.81. The molecule has 0 aliphatic rings. The fraction of sp³-hybridized carbons (Fsp3) is 0.217. The summed E-state index contributed by atoms with van der Waals surface area (Å²) in [5.41, 5.74) is 2.08. The highest BCUT2D eigenvalue weighted by molar-refractivity contribution is 7.89. The second-order valence-electron chi connectivity index (χ2n) is 7.30. The number of sulfonamides is 1. The van der Waals surface area contributed by atoms with Gasteiger partial charge in [-0.15, -0.1) is 0 Å². The van der Waals surface area contributed by atoms with Gasteiger partial charge in [-0.3, -0.25) is 14.6 Å². The van der Waals surface area contributed by atoms with E-state index in [4.69, 9.17) is 10.00 Å². The zero-order chi connectivity index (χ0) is 24.7. The summed E-state index contributed by atoms with van der Waals surface area (Å²) in [5, 5.41) is 21.5. The number of ether oxygens (including phenoxy) is 1. The van der Waals surface area contributed by atoms with Crippen LogP contribution in [0.2, 0.25) is 0 Å². The topological polar surface area (TPSA) is 158 Å². The van der Waals surface area contributed by atoms with E-state index >= 15 is 0 Å². The second-order valence-corrected chi connectivity index (χ2v) is 8.99. The van der Waals surface area contributed by atoms with Crippen molar-refractivity contribution in [2.24, 2.45) is 0 Å². The number of aliphatic carboxylic acids is 1. The van der Waals surface area contributed by atoms with E-state index < -0.39 is 28.5 Å². The van der Waals surface area contributed by atoms with Crippen LogP contribution in [0, 0.1) is 11.3 Å². The number of benzene rings is 2. The number of nitrogens with one attached hydrogen (secondary N) is 2. The minimum absolute atomic E-state index is 0.0711. The van der Waals surface area contributed by atoms with Crippen molar-refractivity contribution in [2.75, 3.05) is 11.9 Å². The van der Waals surface area contributed by atoms with Crippen LogP contribution in [0.3, 0.4) is 0 Å². The molecule has 0 spiro atoms. The van der Waals surface area contributed by atoms with Crippen LogP contribution in [-0.2, 0) is 26.0 Å². The number of nitriles is 1. The molecular formula is C23H22N4O6S. The maximum absolute atomic E-state index is 12.9. The summed E-state index contributed by atoms with van der Waals surface area (Å²) in [4.78, 5) is 26.8. The molecule has 34 heavy (non-hydrogen) atoms. The molecule has 2 aromatic carbocycles. The van der Waals surface area contributed by atoms with Crippen LogP contribution in [0.1, 0.15) is 18.9 Å². The van der Waals surface area contributed by atoms with Crippen molar-refractivity contribution in [3.05, 3.63) is 60.3 Å². The molecule has 0 unspecified atom stereocenters. The van der Waals surface area contributed by atoms with Gasteiger partial charge in [-0.2, -0.15) is 9.98 Å². The first-order chi connectivity index (χ1) is 16.2. The van der Waals surface area contributed by atoms with Crippen LogP contribution in [-0.4, -0.2) is 43.0 Å². The van der Waals surface area contributed by atoms with Gasteiger partial charge >= 0.3 is 5.97 Å². The fourth-order valence-electron chi connectivity index (χ4n) is 3.30. The molecule has 176 valence electrons. The largest absolute Gasteiger partial charge is 0.492 e. The molecule has 0 aliphatic carbocycles. The van der Waals surface area contributed by atoms with Crippen molar-refractivity contribution in [2.45, 2.75) is 30.7 Å². The summed E-state index contributed by atoms with van der Waals surface area (Å²) in [6.45, 7) is 1.40. The quantitative estimate of drug-likeness (QED) is 0.397. The number of aromatic nitrogens is 1. The van der Waals surface area contributed by atoms with Gasteiger partial charge in [0.25, 0.3) is 0 Å². The highest BCUT2D eigenvalue weighted by Crippen LogP contribution is 2.28. The molecule has 0 fully saturated rings. The van der Waals surface area contributed by atoms with E-state index in [-0.39, 0.29) is 23.2 Å². The average Bonchev–Trinajstić information content (AvgIpc) is 2.78. The Morgan fingerprint density at radius 3 is 2.71 bits per heavy atom. The number of anilines is 1. The van der Waals surface area contributed by atoms with Crippen molar-refractivity contribution in [3.63, 3.8) is 0 Å². The van der Waals surface area contributed by atoms with Gasteiger partial charge in [0.1, 0.15) is 16.7 Å². The van der Waals surface area contributed by atoms with Crippen LogP contribution < -0.4 is 14.8 Å². The average molecular weight is 483 g/mol. The summed E-state index contributed by atoms with van der Waals surface area (Å²) < 4.78 is 33.7. The maximum Gasteiger partial charge on any atom is 0.322 e. The second kappa shape index (κ2) is 10.7. The summed E-state index contributed by atoms with van der Waals surface area (Å²) in [6.07, 6.45) is 1.58. The first-order valence-corrected chi connectivity index (χ1v) is 11.7. The van der Waals surface area contributed by atoms with E-state index in [1.807, 2.05) is 35.1 Å². The van der Waals surface area contributed by atoms with E-state index in [9.17, 15) is 23.1 Å². The van der Waals surface area contributed by atoms with E-state index in [0.29, 0.717) is 12.1 Å². The highest BCUT2D eigenvalue weighted by atomic mass is 32.2. The predicted octanol–water partition coefficient (Wildman–Crippen LogP) is 2.46. The fourth-order valence-corrected chi connectivity index (χ4v) is 4.62. The summed E-state index contributed by atoms with van der Waals surface area (Å²) >= 11 is 0. The van der Waals surface area contributed by atoms with Crippen LogP contribution >= 0.6 is 0 Å². The number of fused-ring (bicyclic) bond motifs is 1. The molecule has 3 rings (SSSR count). The predicted molar refractivity (Wildman–Crippen MR) is 124 cm³/mol. The monoisotopic (exact) mass is 482 g/mol. The van der Waals surface area contributed by atoms with E-state index in [1.54, 1.807) is 12.3 Å². The zero-order valence-corrected chi connectivity index (χ0v) is 19.0. The van der Waals surface area contributed by atoms with Gasteiger partial charge in [-0.05, 0) is 29.8 Å². The van der Waals surface area contributed by atoms with Crippen LogP contribution in [0.4, 0.5) is 5.69 Å². The highest BCUT2D eigenvalue weighted by Gasteiger charge is 2.28. The van der Waals surface area contributed by atoms with E-state index in [2.05, 4.69) is 10.3 Å². The smallest absolute Gasteiger partial charge is 0.322 e. The Balaban J connectivity index is 1.88. The van der Waals surface area contributed by atoms with Gasteiger partial charge in [0.15, 0.2) is 0 Å².